The van der Waals surface area contributed by atoms with E-state index in [-0.39, 0.29) is 0 Å². The van der Waals surface area contributed by atoms with Gasteiger partial charge < -0.3 is 15.4 Å². The SMILES string of the molecule is COC(=O)c1cccc(N)c1N(C)c1ccccc1F. The van der Waals surface area contributed by atoms with Crippen LogP contribution in [0.1, 0.15) is 10.4 Å². The molecule has 0 radical (unpaired) electrons. The number of anilines is 3. The number of hydrogen-bond donors (Lipinski definition) is 1. The molecule has 0 atom stereocenters. The Hall–Kier alpha value is -2.56. The maximum Gasteiger partial charge on any atom is 0.340 e. The van der Waals surface area contributed by atoms with Gasteiger partial charge in [0.2, 0.25) is 0 Å². The monoisotopic (exact) mass is 274 g/mol. The van der Waals surface area contributed by atoms with Gasteiger partial charge in [-0.3, -0.25) is 0 Å². The minimum absolute atomic E-state index is 0.290. The predicted molar refractivity (Wildman–Crippen MR) is 76.7 cm³/mol. The summed E-state index contributed by atoms with van der Waals surface area (Å²) in [4.78, 5) is 13.3. The molecule has 0 bridgehead atoms. The second-order valence-electron chi connectivity index (χ2n) is 4.25. The molecule has 0 unspecified atom stereocenters. The Kier molecular flexibility index (Phi) is 3.89. The highest BCUT2D eigenvalue weighted by molar-refractivity contribution is 6.00. The fourth-order valence-electron chi connectivity index (χ4n) is 2.05. The van der Waals surface area contributed by atoms with Crippen molar-refractivity contribution in [3.05, 3.63) is 53.8 Å². The molecule has 5 heteroatoms. The molecule has 0 saturated heterocycles. The second-order valence-corrected chi connectivity index (χ2v) is 4.25. The molecule has 0 heterocycles. The van der Waals surface area contributed by atoms with E-state index in [0.717, 1.165) is 0 Å². The smallest absolute Gasteiger partial charge is 0.340 e. The molecule has 0 aromatic heterocycles. The highest BCUT2D eigenvalue weighted by Crippen LogP contribution is 2.34. The van der Waals surface area contributed by atoms with Gasteiger partial charge in [0, 0.05) is 7.05 Å². The first-order valence-corrected chi connectivity index (χ1v) is 6.01. The second kappa shape index (κ2) is 5.61. The Balaban J connectivity index is 2.57. The third-order valence-electron chi connectivity index (χ3n) is 3.02. The molecule has 0 saturated carbocycles. The van der Waals surface area contributed by atoms with Crippen LogP contribution < -0.4 is 10.6 Å². The van der Waals surface area contributed by atoms with Crippen LogP contribution in [0.25, 0.3) is 0 Å². The molecule has 0 aliphatic rings. The molecule has 0 fully saturated rings. The predicted octanol–water partition coefficient (Wildman–Crippen LogP) is 2.96. The number of ether oxygens (including phenoxy) is 1. The van der Waals surface area contributed by atoms with Crippen LogP contribution in [-0.2, 0) is 4.74 Å². The molecule has 2 aromatic carbocycles. The number of para-hydroxylation sites is 2. The van der Waals surface area contributed by atoms with Crippen LogP contribution in [0.5, 0.6) is 0 Å². The Bertz CT molecular complexity index is 644. The number of rotatable bonds is 3. The van der Waals surface area contributed by atoms with Crippen LogP contribution in [0.15, 0.2) is 42.5 Å². The van der Waals surface area contributed by atoms with Gasteiger partial charge in [0.15, 0.2) is 0 Å². The molecule has 2 aromatic rings. The van der Waals surface area contributed by atoms with Crippen LogP contribution in [0.2, 0.25) is 0 Å². The van der Waals surface area contributed by atoms with E-state index >= 15 is 0 Å². The highest BCUT2D eigenvalue weighted by atomic mass is 19.1. The molecule has 0 aliphatic heterocycles. The first kappa shape index (κ1) is 13.9. The average molecular weight is 274 g/mol. The van der Waals surface area contributed by atoms with Crippen molar-refractivity contribution in [3.63, 3.8) is 0 Å². The average Bonchev–Trinajstić information content (AvgIpc) is 2.46. The van der Waals surface area contributed by atoms with Gasteiger partial charge in [0.25, 0.3) is 0 Å². The number of benzene rings is 2. The molecule has 0 aliphatic carbocycles. The summed E-state index contributed by atoms with van der Waals surface area (Å²) in [6.45, 7) is 0. The number of carbonyl (C=O) groups excluding carboxylic acids is 1. The Morgan fingerprint density at radius 2 is 1.90 bits per heavy atom. The lowest BCUT2D eigenvalue weighted by Gasteiger charge is -2.23. The summed E-state index contributed by atoms with van der Waals surface area (Å²) in [7, 11) is 2.94. The standard InChI is InChI=1S/C15H15FN2O2/c1-18(13-9-4-3-7-11(13)16)14-10(15(19)20-2)6-5-8-12(14)17/h3-9H,17H2,1-2H3. The number of nitrogen functional groups attached to an aromatic ring is 1. The van der Waals surface area contributed by atoms with Crippen LogP contribution in [-0.4, -0.2) is 20.1 Å². The summed E-state index contributed by atoms with van der Waals surface area (Å²) < 4.78 is 18.6. The third-order valence-corrected chi connectivity index (χ3v) is 3.02. The van der Waals surface area contributed by atoms with Gasteiger partial charge in [0.1, 0.15) is 5.82 Å². The van der Waals surface area contributed by atoms with E-state index in [2.05, 4.69) is 0 Å². The zero-order chi connectivity index (χ0) is 14.7. The van der Waals surface area contributed by atoms with Gasteiger partial charge in [-0.25, -0.2) is 9.18 Å². The molecule has 0 spiro atoms. The summed E-state index contributed by atoms with van der Waals surface area (Å²) in [5.41, 5.74) is 7.34. The Labute approximate surface area is 116 Å². The summed E-state index contributed by atoms with van der Waals surface area (Å²) in [6, 6.07) is 11.2. The van der Waals surface area contributed by atoms with E-state index in [1.54, 1.807) is 43.4 Å². The molecule has 2 N–H and O–H groups in total. The zero-order valence-electron chi connectivity index (χ0n) is 11.3. The van der Waals surface area contributed by atoms with Gasteiger partial charge in [-0.2, -0.15) is 0 Å². The molecular weight excluding hydrogens is 259 g/mol. The van der Waals surface area contributed by atoms with Gasteiger partial charge in [0.05, 0.1) is 29.7 Å². The summed E-state index contributed by atoms with van der Waals surface area (Å²) in [5.74, 6) is -0.912. The van der Waals surface area contributed by atoms with Gasteiger partial charge in [-0.15, -0.1) is 0 Å². The number of halogens is 1. The maximum atomic E-state index is 13.9. The number of nitrogens with two attached hydrogens (primary N) is 1. The van der Waals surface area contributed by atoms with Crippen molar-refractivity contribution in [2.45, 2.75) is 0 Å². The van der Waals surface area contributed by atoms with E-state index in [4.69, 9.17) is 10.5 Å². The van der Waals surface area contributed by atoms with Gasteiger partial charge in [-0.05, 0) is 24.3 Å². The third kappa shape index (κ3) is 2.42. The Morgan fingerprint density at radius 3 is 2.55 bits per heavy atom. The lowest BCUT2D eigenvalue weighted by atomic mass is 10.1. The zero-order valence-corrected chi connectivity index (χ0v) is 11.3. The van der Waals surface area contributed by atoms with Gasteiger partial charge >= 0.3 is 5.97 Å². The first-order valence-electron chi connectivity index (χ1n) is 6.01. The van der Waals surface area contributed by atoms with Crippen LogP contribution in [0.3, 0.4) is 0 Å². The van der Waals surface area contributed by atoms with E-state index in [0.29, 0.717) is 22.6 Å². The van der Waals surface area contributed by atoms with Crippen molar-refractivity contribution < 1.29 is 13.9 Å². The van der Waals surface area contributed by atoms with Crippen molar-refractivity contribution in [2.75, 3.05) is 24.8 Å². The van der Waals surface area contributed by atoms with E-state index in [9.17, 15) is 9.18 Å². The van der Waals surface area contributed by atoms with E-state index in [1.165, 1.54) is 18.1 Å². The van der Waals surface area contributed by atoms with E-state index in [1.807, 2.05) is 0 Å². The van der Waals surface area contributed by atoms with Crippen molar-refractivity contribution in [1.82, 2.24) is 0 Å². The molecule has 2 rings (SSSR count). The molecule has 4 nitrogen and oxygen atoms in total. The molecule has 20 heavy (non-hydrogen) atoms. The van der Waals surface area contributed by atoms with Crippen LogP contribution in [0, 0.1) is 5.82 Å². The normalized spacial score (nSPS) is 10.2. The fourth-order valence-corrected chi connectivity index (χ4v) is 2.05. The number of hydrogen-bond acceptors (Lipinski definition) is 4. The van der Waals surface area contributed by atoms with Gasteiger partial charge in [-0.1, -0.05) is 18.2 Å². The van der Waals surface area contributed by atoms with Crippen molar-refractivity contribution in [3.8, 4) is 0 Å². The van der Waals surface area contributed by atoms with Crippen molar-refractivity contribution in [2.24, 2.45) is 0 Å². The Morgan fingerprint density at radius 1 is 1.20 bits per heavy atom. The largest absolute Gasteiger partial charge is 0.465 e. The lowest BCUT2D eigenvalue weighted by molar-refractivity contribution is 0.0601. The quantitative estimate of drug-likeness (QED) is 0.690. The van der Waals surface area contributed by atoms with E-state index < -0.39 is 11.8 Å². The van der Waals surface area contributed by atoms with Crippen molar-refractivity contribution >= 4 is 23.0 Å². The summed E-state index contributed by atoms with van der Waals surface area (Å²) >= 11 is 0. The topological polar surface area (TPSA) is 55.6 Å². The molecule has 104 valence electrons. The molecule has 0 amide bonds. The fraction of sp³-hybridized carbons (Fsp3) is 0.133. The van der Waals surface area contributed by atoms with Crippen molar-refractivity contribution in [1.29, 1.82) is 0 Å². The number of carbonyl (C=O) groups is 1. The van der Waals surface area contributed by atoms with Crippen LogP contribution >= 0.6 is 0 Å². The molecular formula is C15H15FN2O2. The number of esters is 1. The minimum atomic E-state index is -0.518. The number of methoxy groups -OCH3 is 1. The first-order chi connectivity index (χ1) is 9.56. The minimum Gasteiger partial charge on any atom is -0.465 e. The number of nitrogens with zero attached hydrogens (tertiary/aromatic N) is 1. The van der Waals surface area contributed by atoms with Crippen LogP contribution in [0.4, 0.5) is 21.5 Å². The highest BCUT2D eigenvalue weighted by Gasteiger charge is 2.20. The maximum absolute atomic E-state index is 13.9. The summed E-state index contributed by atoms with van der Waals surface area (Å²) in [5, 5.41) is 0. The lowest BCUT2D eigenvalue weighted by Crippen LogP contribution is -2.17. The summed E-state index contributed by atoms with van der Waals surface area (Å²) in [6.07, 6.45) is 0.